The number of pyridine rings is 1. The predicted octanol–water partition coefficient (Wildman–Crippen LogP) is 5.11. The molecule has 1 aromatic heterocycles. The lowest BCUT2D eigenvalue weighted by Gasteiger charge is -2.30. The van der Waals surface area contributed by atoms with Gasteiger partial charge in [0, 0.05) is 12.4 Å². The van der Waals surface area contributed by atoms with E-state index < -0.39 is 0 Å². The van der Waals surface area contributed by atoms with Crippen molar-refractivity contribution in [2.24, 2.45) is 0 Å². The molecular weight excluding hydrogens is 206 g/mol. The summed E-state index contributed by atoms with van der Waals surface area (Å²) >= 11 is 0. The molecule has 1 heteroatoms. The third kappa shape index (κ3) is 4.49. The van der Waals surface area contributed by atoms with Crippen LogP contribution >= 0.6 is 0 Å². The summed E-state index contributed by atoms with van der Waals surface area (Å²) in [6.45, 7) is 6.96. The van der Waals surface area contributed by atoms with Gasteiger partial charge in [-0.15, -0.1) is 0 Å². The van der Waals surface area contributed by atoms with Crippen LogP contribution in [0.3, 0.4) is 0 Å². The van der Waals surface area contributed by atoms with E-state index in [0.29, 0.717) is 5.41 Å². The molecular formula is C16H27N. The fourth-order valence-electron chi connectivity index (χ4n) is 2.47. The molecule has 0 spiro atoms. The second-order valence-electron chi connectivity index (χ2n) is 5.36. The minimum Gasteiger partial charge on any atom is -0.264 e. The molecule has 1 aromatic rings. The van der Waals surface area contributed by atoms with Crippen molar-refractivity contribution in [3.63, 3.8) is 0 Å². The summed E-state index contributed by atoms with van der Waals surface area (Å²) in [6, 6.07) is 4.31. The monoisotopic (exact) mass is 233 g/mol. The van der Waals surface area contributed by atoms with Crippen LogP contribution in [0.25, 0.3) is 0 Å². The Bertz CT molecular complexity index is 294. The summed E-state index contributed by atoms with van der Waals surface area (Å²) in [6.07, 6.45) is 13.1. The van der Waals surface area contributed by atoms with Gasteiger partial charge in [0.2, 0.25) is 0 Å². The molecule has 0 aromatic carbocycles. The molecule has 96 valence electrons. The van der Waals surface area contributed by atoms with E-state index in [1.807, 2.05) is 6.20 Å². The lowest BCUT2D eigenvalue weighted by atomic mass is 9.75. The third-order valence-electron chi connectivity index (χ3n) is 3.77. The zero-order valence-electron chi connectivity index (χ0n) is 11.7. The van der Waals surface area contributed by atoms with Crippen LogP contribution < -0.4 is 0 Å². The first-order valence-corrected chi connectivity index (χ1v) is 7.13. The van der Waals surface area contributed by atoms with Gasteiger partial charge in [-0.1, -0.05) is 58.9 Å². The van der Waals surface area contributed by atoms with Gasteiger partial charge in [-0.05, 0) is 29.9 Å². The van der Waals surface area contributed by atoms with Crippen molar-refractivity contribution >= 4 is 0 Å². The summed E-state index contributed by atoms with van der Waals surface area (Å²) < 4.78 is 0. The van der Waals surface area contributed by atoms with E-state index in [2.05, 4.69) is 44.1 Å². The fraction of sp³-hybridized carbons (Fsp3) is 0.688. The first-order chi connectivity index (χ1) is 8.23. The van der Waals surface area contributed by atoms with Gasteiger partial charge in [0.25, 0.3) is 0 Å². The highest BCUT2D eigenvalue weighted by atomic mass is 14.6. The van der Waals surface area contributed by atoms with Gasteiger partial charge in [0.15, 0.2) is 0 Å². The van der Waals surface area contributed by atoms with Gasteiger partial charge in [-0.3, -0.25) is 4.98 Å². The van der Waals surface area contributed by atoms with Crippen molar-refractivity contribution in [3.05, 3.63) is 30.1 Å². The molecule has 0 fully saturated rings. The molecule has 0 aliphatic heterocycles. The number of nitrogens with zero attached hydrogens (tertiary/aromatic N) is 1. The van der Waals surface area contributed by atoms with Gasteiger partial charge >= 0.3 is 0 Å². The number of rotatable bonds is 8. The van der Waals surface area contributed by atoms with Crippen molar-refractivity contribution in [2.75, 3.05) is 0 Å². The van der Waals surface area contributed by atoms with E-state index in [1.54, 1.807) is 0 Å². The zero-order chi connectivity index (χ0) is 12.6. The zero-order valence-corrected chi connectivity index (χ0v) is 11.7. The van der Waals surface area contributed by atoms with Crippen molar-refractivity contribution in [3.8, 4) is 0 Å². The van der Waals surface area contributed by atoms with Gasteiger partial charge in [0.1, 0.15) is 0 Å². The van der Waals surface area contributed by atoms with Crippen molar-refractivity contribution in [1.82, 2.24) is 4.98 Å². The third-order valence-corrected chi connectivity index (χ3v) is 3.77. The van der Waals surface area contributed by atoms with Crippen LogP contribution in [0.4, 0.5) is 0 Å². The Morgan fingerprint density at radius 3 is 2.35 bits per heavy atom. The Hall–Kier alpha value is -0.850. The fourth-order valence-corrected chi connectivity index (χ4v) is 2.47. The highest BCUT2D eigenvalue weighted by molar-refractivity contribution is 5.20. The van der Waals surface area contributed by atoms with Crippen LogP contribution in [0.15, 0.2) is 24.5 Å². The maximum atomic E-state index is 4.29. The van der Waals surface area contributed by atoms with Gasteiger partial charge in [-0.25, -0.2) is 0 Å². The van der Waals surface area contributed by atoms with Crippen molar-refractivity contribution < 1.29 is 0 Å². The standard InChI is InChI=1S/C16H27N/c1-4-6-8-12-16(3,11-7-5-2)15-10-9-13-17-14-15/h9-10,13-14H,4-8,11-12H2,1-3H3. The molecule has 17 heavy (non-hydrogen) atoms. The van der Waals surface area contributed by atoms with Crippen LogP contribution in [-0.2, 0) is 5.41 Å². The van der Waals surface area contributed by atoms with E-state index in [-0.39, 0.29) is 0 Å². The Morgan fingerprint density at radius 1 is 1.06 bits per heavy atom. The maximum absolute atomic E-state index is 4.29. The molecule has 1 nitrogen and oxygen atoms in total. The maximum Gasteiger partial charge on any atom is 0.0305 e. The van der Waals surface area contributed by atoms with Gasteiger partial charge in [-0.2, -0.15) is 0 Å². The van der Waals surface area contributed by atoms with Crippen molar-refractivity contribution in [1.29, 1.82) is 0 Å². The molecule has 0 saturated carbocycles. The topological polar surface area (TPSA) is 12.9 Å². The number of aromatic nitrogens is 1. The molecule has 1 heterocycles. The first-order valence-electron chi connectivity index (χ1n) is 7.13. The second-order valence-corrected chi connectivity index (χ2v) is 5.36. The van der Waals surface area contributed by atoms with E-state index in [9.17, 15) is 0 Å². The lowest BCUT2D eigenvalue weighted by Crippen LogP contribution is -2.22. The predicted molar refractivity (Wildman–Crippen MR) is 75.3 cm³/mol. The van der Waals surface area contributed by atoms with E-state index in [0.717, 1.165) is 0 Å². The molecule has 1 unspecified atom stereocenters. The summed E-state index contributed by atoms with van der Waals surface area (Å²) in [5.41, 5.74) is 1.75. The quantitative estimate of drug-likeness (QED) is 0.569. The number of hydrogen-bond donors (Lipinski definition) is 0. The Labute approximate surface area is 107 Å². The van der Waals surface area contributed by atoms with Crippen LogP contribution in [0, 0.1) is 0 Å². The molecule has 1 atom stereocenters. The SMILES string of the molecule is CCCCCC(C)(CCCC)c1cccnc1. The number of unbranched alkanes of at least 4 members (excludes halogenated alkanes) is 3. The van der Waals surface area contributed by atoms with Crippen molar-refractivity contribution in [2.45, 2.75) is 71.1 Å². The average molecular weight is 233 g/mol. The van der Waals surface area contributed by atoms with E-state index in [1.165, 1.54) is 50.5 Å². The molecule has 0 amide bonds. The van der Waals surface area contributed by atoms with Gasteiger partial charge < -0.3 is 0 Å². The van der Waals surface area contributed by atoms with Crippen LogP contribution in [0.5, 0.6) is 0 Å². The molecule has 0 bridgehead atoms. The Morgan fingerprint density at radius 2 is 1.76 bits per heavy atom. The minimum absolute atomic E-state index is 0.333. The molecule has 0 aliphatic rings. The summed E-state index contributed by atoms with van der Waals surface area (Å²) in [5, 5.41) is 0. The smallest absolute Gasteiger partial charge is 0.0305 e. The molecule has 0 N–H and O–H groups in total. The Kier molecular flexibility index (Phi) is 6.25. The average Bonchev–Trinajstić information content (AvgIpc) is 2.38. The molecule has 0 radical (unpaired) electrons. The summed E-state index contributed by atoms with van der Waals surface area (Å²) in [4.78, 5) is 4.29. The second kappa shape index (κ2) is 7.47. The molecule has 0 aliphatic carbocycles. The van der Waals surface area contributed by atoms with Gasteiger partial charge in [0.05, 0.1) is 0 Å². The highest BCUT2D eigenvalue weighted by Crippen LogP contribution is 2.34. The summed E-state index contributed by atoms with van der Waals surface area (Å²) in [5.74, 6) is 0. The highest BCUT2D eigenvalue weighted by Gasteiger charge is 2.25. The lowest BCUT2D eigenvalue weighted by molar-refractivity contribution is 0.370. The largest absolute Gasteiger partial charge is 0.264 e. The normalized spacial score (nSPS) is 14.5. The molecule has 1 rings (SSSR count). The van der Waals surface area contributed by atoms with E-state index >= 15 is 0 Å². The minimum atomic E-state index is 0.333. The molecule has 0 saturated heterocycles. The van der Waals surface area contributed by atoms with Crippen LogP contribution in [0.2, 0.25) is 0 Å². The summed E-state index contributed by atoms with van der Waals surface area (Å²) in [7, 11) is 0. The Balaban J connectivity index is 2.70. The van der Waals surface area contributed by atoms with Crippen LogP contribution in [-0.4, -0.2) is 4.98 Å². The van der Waals surface area contributed by atoms with E-state index in [4.69, 9.17) is 0 Å². The van der Waals surface area contributed by atoms with Crippen LogP contribution in [0.1, 0.15) is 71.3 Å². The number of hydrogen-bond acceptors (Lipinski definition) is 1. The first kappa shape index (κ1) is 14.2.